The first-order chi connectivity index (χ1) is 7.79. The van der Waals surface area contributed by atoms with Crippen LogP contribution >= 0.6 is 24.8 Å². The molecule has 0 heterocycles. The second-order valence-electron chi connectivity index (χ2n) is 4.40. The van der Waals surface area contributed by atoms with Crippen molar-refractivity contribution in [3.8, 4) is 0 Å². The molecular weight excluding hydrogens is 315 g/mol. The van der Waals surface area contributed by atoms with E-state index in [-0.39, 0.29) is 53.5 Å². The molecule has 0 fully saturated rings. The van der Waals surface area contributed by atoms with Gasteiger partial charge in [-0.05, 0) is 0 Å². The van der Waals surface area contributed by atoms with Crippen LogP contribution in [-0.2, 0) is 19.2 Å². The first-order valence-corrected chi connectivity index (χ1v) is 9.01. The molecule has 0 spiro atoms. The summed E-state index contributed by atoms with van der Waals surface area (Å²) in [5.74, 6) is 0. The Hall–Kier alpha value is 0.211. The summed E-state index contributed by atoms with van der Waals surface area (Å²) in [6.07, 6.45) is 17.4. The van der Waals surface area contributed by atoms with Gasteiger partial charge in [-0.2, -0.15) is 0 Å². The predicted molar refractivity (Wildman–Crippen MR) is 85.3 cm³/mol. The quantitative estimate of drug-likeness (QED) is 0.679. The Morgan fingerprint density at radius 2 is 2.11 bits per heavy atom. The van der Waals surface area contributed by atoms with Crippen molar-refractivity contribution in [1.82, 2.24) is 0 Å². The van der Waals surface area contributed by atoms with Gasteiger partial charge in [0.05, 0.1) is 0 Å². The van der Waals surface area contributed by atoms with Crippen LogP contribution < -0.4 is 0 Å². The second kappa shape index (κ2) is 9.17. The fraction of sp³-hybridized carbons (Fsp3) is 0.286. The van der Waals surface area contributed by atoms with Gasteiger partial charge in [0.25, 0.3) is 0 Å². The van der Waals surface area contributed by atoms with Crippen molar-refractivity contribution in [3.63, 3.8) is 0 Å². The maximum Gasteiger partial charge on any atom is -0.147 e. The molecule has 0 bridgehead atoms. The fourth-order valence-electron chi connectivity index (χ4n) is 2.02. The molecule has 18 heavy (non-hydrogen) atoms. The minimum atomic E-state index is -0.0835. The molecule has 2 aliphatic rings. The molecule has 0 amide bonds. The zero-order valence-electron chi connectivity index (χ0n) is 10.8. The van der Waals surface area contributed by atoms with Gasteiger partial charge >= 0.3 is 110 Å². The maximum atomic E-state index is 2.43. The van der Waals surface area contributed by atoms with Gasteiger partial charge in [-0.25, -0.2) is 0 Å². The number of rotatable bonds is 4. The van der Waals surface area contributed by atoms with E-state index in [2.05, 4.69) is 56.4 Å². The van der Waals surface area contributed by atoms with Crippen LogP contribution in [0.15, 0.2) is 55.5 Å². The third-order valence-corrected chi connectivity index (χ3v) is 8.34. The first kappa shape index (κ1) is 18.2. The van der Waals surface area contributed by atoms with Gasteiger partial charge in [-0.3, -0.25) is 0 Å². The Balaban J connectivity index is 0.00000144. The molecule has 4 heteroatoms. The topological polar surface area (TPSA) is 0 Å². The van der Waals surface area contributed by atoms with Crippen molar-refractivity contribution in [3.05, 3.63) is 55.5 Å². The molecule has 0 aromatic carbocycles. The van der Waals surface area contributed by atoms with Crippen molar-refractivity contribution in [2.75, 3.05) is 0 Å². The van der Waals surface area contributed by atoms with Gasteiger partial charge in [0.15, 0.2) is 0 Å². The summed E-state index contributed by atoms with van der Waals surface area (Å²) in [5, 5.41) is 1.65. The SMILES string of the molecule is CC=C(C)[SiH2]C1C=CC=[C]1[Ti][C]1=CC=CC1.Cl.Cl. The Kier molecular flexibility index (Phi) is 9.28. The molecule has 0 aromatic heterocycles. The van der Waals surface area contributed by atoms with Gasteiger partial charge in [0.2, 0.25) is 0 Å². The number of allylic oxidation sites excluding steroid dienone is 10. The average molecular weight is 335 g/mol. The van der Waals surface area contributed by atoms with Gasteiger partial charge in [-0.1, -0.05) is 0 Å². The van der Waals surface area contributed by atoms with Crippen LogP contribution in [0, 0.1) is 0 Å². The monoisotopic (exact) mass is 334 g/mol. The van der Waals surface area contributed by atoms with Crippen LogP contribution in [0.25, 0.3) is 0 Å². The summed E-state index contributed by atoms with van der Waals surface area (Å²) < 4.78 is 3.47. The van der Waals surface area contributed by atoms with E-state index in [1.165, 1.54) is 6.42 Å². The third-order valence-electron chi connectivity index (χ3n) is 3.13. The maximum absolute atomic E-state index is 2.43. The molecular formula is C14H20Cl2SiTi. The molecule has 0 radical (unpaired) electrons. The Labute approximate surface area is 134 Å². The Morgan fingerprint density at radius 1 is 1.33 bits per heavy atom. The van der Waals surface area contributed by atoms with Crippen molar-refractivity contribution in [2.24, 2.45) is 0 Å². The zero-order chi connectivity index (χ0) is 11.4. The van der Waals surface area contributed by atoms with Gasteiger partial charge < -0.3 is 0 Å². The van der Waals surface area contributed by atoms with Gasteiger partial charge in [0.1, 0.15) is 0 Å². The second-order valence-corrected chi connectivity index (χ2v) is 9.10. The van der Waals surface area contributed by atoms with Crippen LogP contribution in [0.5, 0.6) is 0 Å². The smallest absolute Gasteiger partial charge is 0.147 e. The molecule has 0 aliphatic heterocycles. The summed E-state index contributed by atoms with van der Waals surface area (Å²) in [7, 11) is -0.0835. The normalized spacial score (nSPS) is 21.7. The summed E-state index contributed by atoms with van der Waals surface area (Å²) in [6, 6.07) is 0. The van der Waals surface area contributed by atoms with E-state index in [0.29, 0.717) is 0 Å². The molecule has 0 nitrogen and oxygen atoms in total. The van der Waals surface area contributed by atoms with Crippen LogP contribution in [0.4, 0.5) is 0 Å². The number of hydrogen-bond donors (Lipinski definition) is 0. The molecule has 0 N–H and O–H groups in total. The molecule has 2 aliphatic carbocycles. The Morgan fingerprint density at radius 3 is 2.72 bits per heavy atom. The first-order valence-electron chi connectivity index (χ1n) is 5.92. The third kappa shape index (κ3) is 5.07. The molecule has 1 unspecified atom stereocenters. The molecule has 98 valence electrons. The zero-order valence-corrected chi connectivity index (χ0v) is 15.5. The molecule has 0 saturated carbocycles. The standard InChI is InChI=1S/C9H13Si.C5H5.2ClH.Ti/c1-3-8(2)10-9-6-4-5-7-9;1-2-4-5-3-1;;;/h3-6,9H,10H2,1-2H3;1-3H,4H2;2*1H;. The van der Waals surface area contributed by atoms with E-state index in [0.717, 1.165) is 5.54 Å². The van der Waals surface area contributed by atoms with E-state index in [1.54, 1.807) is 13.0 Å². The van der Waals surface area contributed by atoms with Gasteiger partial charge in [-0.15, -0.1) is 24.8 Å². The van der Waals surface area contributed by atoms with Crippen LogP contribution in [-0.4, -0.2) is 9.52 Å². The largest absolute Gasteiger partial charge is 0.147 e. The van der Waals surface area contributed by atoms with Gasteiger partial charge in [0, 0.05) is 0 Å². The Bertz CT molecular complexity index is 420. The minimum Gasteiger partial charge on any atom is -0.147 e. The number of hydrogen-bond acceptors (Lipinski definition) is 0. The van der Waals surface area contributed by atoms with E-state index in [4.69, 9.17) is 0 Å². The summed E-state index contributed by atoms with van der Waals surface area (Å²) in [4.78, 5) is 0. The van der Waals surface area contributed by atoms with E-state index in [9.17, 15) is 0 Å². The predicted octanol–water partition coefficient (Wildman–Crippen LogP) is 4.09. The molecule has 0 aromatic rings. The van der Waals surface area contributed by atoms with Crippen LogP contribution in [0.1, 0.15) is 20.3 Å². The van der Waals surface area contributed by atoms with E-state index in [1.807, 2.05) is 0 Å². The van der Waals surface area contributed by atoms with E-state index < -0.39 is 0 Å². The molecule has 2 rings (SSSR count). The summed E-state index contributed by atoms with van der Waals surface area (Å²) >= 11 is 0.00269. The van der Waals surface area contributed by atoms with Crippen molar-refractivity contribution >= 4 is 34.3 Å². The van der Waals surface area contributed by atoms with Crippen LogP contribution in [0.2, 0.25) is 5.54 Å². The van der Waals surface area contributed by atoms with Crippen molar-refractivity contribution < 1.29 is 19.2 Å². The average Bonchev–Trinajstić information content (AvgIpc) is 2.92. The summed E-state index contributed by atoms with van der Waals surface area (Å²) in [5.41, 5.74) is 0.831. The molecule has 1 atom stereocenters. The summed E-state index contributed by atoms with van der Waals surface area (Å²) in [6.45, 7) is 4.47. The van der Waals surface area contributed by atoms with Crippen LogP contribution in [0.3, 0.4) is 0 Å². The van der Waals surface area contributed by atoms with E-state index >= 15 is 0 Å². The fourth-order valence-corrected chi connectivity index (χ4v) is 6.42. The minimum absolute atomic E-state index is 0. The molecule has 0 saturated heterocycles. The number of halogens is 2. The van der Waals surface area contributed by atoms with Crippen molar-refractivity contribution in [2.45, 2.75) is 25.8 Å². The van der Waals surface area contributed by atoms with Crippen molar-refractivity contribution in [1.29, 1.82) is 0 Å².